The van der Waals surface area contributed by atoms with Crippen LogP contribution in [0.15, 0.2) is 30.3 Å². The molecular weight excluding hydrogens is 370 g/mol. The van der Waals surface area contributed by atoms with Gasteiger partial charge in [-0.05, 0) is 39.2 Å². The Morgan fingerprint density at radius 1 is 1.03 bits per heavy atom. The first-order valence-corrected chi connectivity index (χ1v) is 10.4. The van der Waals surface area contributed by atoms with Crippen molar-refractivity contribution in [1.82, 2.24) is 0 Å². The van der Waals surface area contributed by atoms with Crippen LogP contribution in [0.4, 0.5) is 0 Å². The maximum absolute atomic E-state index is 13.0. The number of hydrogen-bond acceptors (Lipinski definition) is 5. The average molecular weight is 407 g/mol. The molecule has 1 aliphatic carbocycles. The van der Waals surface area contributed by atoms with E-state index in [0.717, 1.165) is 25.7 Å². The Bertz CT molecular complexity index is 689. The Balaban J connectivity index is 1.97. The molecule has 2 rings (SSSR count). The van der Waals surface area contributed by atoms with Gasteiger partial charge in [-0.2, -0.15) is 0 Å². The third-order valence-electron chi connectivity index (χ3n) is 5.56. The summed E-state index contributed by atoms with van der Waals surface area (Å²) in [6.45, 7) is 6.23. The molecule has 1 aliphatic rings. The van der Waals surface area contributed by atoms with Gasteiger partial charge in [0, 0.05) is 5.92 Å². The second-order valence-corrected chi connectivity index (χ2v) is 9.72. The molecule has 1 atom stereocenters. The lowest BCUT2D eigenvalue weighted by molar-refractivity contribution is -0.907. The summed E-state index contributed by atoms with van der Waals surface area (Å²) in [5, 5.41) is 11.4. The molecule has 1 aromatic carbocycles. The van der Waals surface area contributed by atoms with Gasteiger partial charge in [-0.1, -0.05) is 43.2 Å². The number of quaternary nitrogens is 1. The Hall–Kier alpha value is -1.92. The first kappa shape index (κ1) is 23.4. The van der Waals surface area contributed by atoms with Crippen LogP contribution in [-0.2, 0) is 24.7 Å². The highest BCUT2D eigenvalue weighted by molar-refractivity contribution is 5.81. The molecule has 0 radical (unpaired) electrons. The van der Waals surface area contributed by atoms with Crippen LogP contribution in [0.5, 0.6) is 0 Å². The molecule has 0 unspecified atom stereocenters. The molecule has 0 amide bonds. The summed E-state index contributed by atoms with van der Waals surface area (Å²) >= 11 is 0. The number of benzene rings is 1. The van der Waals surface area contributed by atoms with Gasteiger partial charge in [0.2, 0.25) is 6.73 Å². The summed E-state index contributed by atoms with van der Waals surface area (Å²) < 4.78 is 11.3. The highest BCUT2D eigenvalue weighted by atomic mass is 16.6. The summed E-state index contributed by atoms with van der Waals surface area (Å²) in [7, 11) is 3.81. The summed E-state index contributed by atoms with van der Waals surface area (Å²) in [6.07, 6.45) is 3.64. The fraction of sp³-hybridized carbons (Fsp3) is 0.652. The summed E-state index contributed by atoms with van der Waals surface area (Å²) in [5.74, 6) is -0.990. The highest BCUT2D eigenvalue weighted by Gasteiger charge is 2.47. The smallest absolute Gasteiger partial charge is 0.343 e. The maximum Gasteiger partial charge on any atom is 0.343 e. The van der Waals surface area contributed by atoms with Gasteiger partial charge in [0.05, 0.1) is 19.5 Å². The van der Waals surface area contributed by atoms with E-state index >= 15 is 0 Å². The number of likely N-dealkylation sites (N-methyl/N-ethyl adjacent to an activating group) is 1. The van der Waals surface area contributed by atoms with Gasteiger partial charge in [-0.25, -0.2) is 4.79 Å². The number of aliphatic hydroxyl groups is 1. The van der Waals surface area contributed by atoms with E-state index in [1.807, 2.05) is 53.1 Å². The SMILES string of the molecule is CC(C)(C)C(=O)OC[N+](C)(C)CCOC(=O)[C@](O)(c1ccccc1)C1CCCC1. The molecule has 0 heterocycles. The van der Waals surface area contributed by atoms with Crippen LogP contribution in [0.25, 0.3) is 0 Å². The lowest BCUT2D eigenvalue weighted by atomic mass is 9.80. The maximum atomic E-state index is 13.0. The number of nitrogens with zero attached hydrogens (tertiary/aromatic N) is 1. The van der Waals surface area contributed by atoms with Gasteiger partial charge in [0.1, 0.15) is 13.2 Å². The average Bonchev–Trinajstić information content (AvgIpc) is 3.20. The van der Waals surface area contributed by atoms with Crippen molar-refractivity contribution in [2.75, 3.05) is 34.0 Å². The van der Waals surface area contributed by atoms with Crippen molar-refractivity contribution in [3.63, 3.8) is 0 Å². The Morgan fingerprint density at radius 2 is 1.62 bits per heavy atom. The number of esters is 2. The topological polar surface area (TPSA) is 72.8 Å². The number of carbonyl (C=O) groups is 2. The minimum absolute atomic E-state index is 0.132. The summed E-state index contributed by atoms with van der Waals surface area (Å²) in [6, 6.07) is 9.08. The monoisotopic (exact) mass is 406 g/mol. The quantitative estimate of drug-likeness (QED) is 0.408. The van der Waals surface area contributed by atoms with Crippen molar-refractivity contribution in [2.24, 2.45) is 11.3 Å². The van der Waals surface area contributed by atoms with Crippen LogP contribution in [0.3, 0.4) is 0 Å². The van der Waals surface area contributed by atoms with E-state index in [1.165, 1.54) is 0 Å². The molecule has 1 aromatic rings. The number of hydrogen-bond donors (Lipinski definition) is 1. The van der Waals surface area contributed by atoms with Crippen LogP contribution in [0.2, 0.25) is 0 Å². The summed E-state index contributed by atoms with van der Waals surface area (Å²) in [4.78, 5) is 24.9. The van der Waals surface area contributed by atoms with Crippen molar-refractivity contribution >= 4 is 11.9 Å². The van der Waals surface area contributed by atoms with Crippen LogP contribution in [0.1, 0.15) is 52.0 Å². The molecule has 0 aliphatic heterocycles. The van der Waals surface area contributed by atoms with E-state index < -0.39 is 17.0 Å². The molecule has 0 aromatic heterocycles. The fourth-order valence-electron chi connectivity index (χ4n) is 3.57. The standard InChI is InChI=1S/C23H36NO5/c1-22(2,3)20(25)29-17-24(4,5)15-16-28-21(26)23(27,19-13-9-10-14-19)18-11-7-6-8-12-18/h6-8,11-12,19,27H,9-10,13-17H2,1-5H3/q+1/t23-/m0/s1. The van der Waals surface area contributed by atoms with Crippen molar-refractivity contribution in [3.8, 4) is 0 Å². The predicted molar refractivity (Wildman–Crippen MR) is 111 cm³/mol. The van der Waals surface area contributed by atoms with Crippen LogP contribution in [-0.4, -0.2) is 55.5 Å². The number of rotatable bonds is 8. The Labute approximate surface area is 174 Å². The zero-order chi connectivity index (χ0) is 21.7. The fourth-order valence-corrected chi connectivity index (χ4v) is 3.57. The van der Waals surface area contributed by atoms with E-state index in [4.69, 9.17) is 9.47 Å². The van der Waals surface area contributed by atoms with Crippen molar-refractivity contribution in [2.45, 2.75) is 52.1 Å². The van der Waals surface area contributed by atoms with Crippen molar-refractivity contribution in [1.29, 1.82) is 0 Å². The summed E-state index contributed by atoms with van der Waals surface area (Å²) in [5.41, 5.74) is -1.59. The third kappa shape index (κ3) is 6.03. The van der Waals surface area contributed by atoms with Gasteiger partial charge in [-0.15, -0.1) is 0 Å². The number of carbonyl (C=O) groups excluding carboxylic acids is 2. The van der Waals surface area contributed by atoms with Crippen LogP contribution >= 0.6 is 0 Å². The molecular formula is C23H36NO5+. The lowest BCUT2D eigenvalue weighted by Crippen LogP contribution is -2.48. The van der Waals surface area contributed by atoms with Crippen molar-refractivity contribution in [3.05, 3.63) is 35.9 Å². The zero-order valence-electron chi connectivity index (χ0n) is 18.4. The largest absolute Gasteiger partial charge is 0.457 e. The molecule has 1 N–H and O–H groups in total. The van der Waals surface area contributed by atoms with Crippen molar-refractivity contribution < 1.29 is 28.7 Å². The molecule has 6 heteroatoms. The zero-order valence-corrected chi connectivity index (χ0v) is 18.4. The molecule has 29 heavy (non-hydrogen) atoms. The van der Waals surface area contributed by atoms with Gasteiger partial charge >= 0.3 is 11.9 Å². The van der Waals surface area contributed by atoms with Gasteiger partial charge in [0.15, 0.2) is 5.60 Å². The Kier molecular flexibility index (Phi) is 7.46. The molecule has 0 spiro atoms. The van der Waals surface area contributed by atoms with Gasteiger partial charge < -0.3 is 14.6 Å². The minimum Gasteiger partial charge on any atom is -0.457 e. The van der Waals surface area contributed by atoms with E-state index in [-0.39, 0.29) is 25.2 Å². The molecule has 1 fully saturated rings. The van der Waals surface area contributed by atoms with E-state index in [9.17, 15) is 14.7 Å². The minimum atomic E-state index is -1.62. The third-order valence-corrected chi connectivity index (χ3v) is 5.56. The first-order valence-electron chi connectivity index (χ1n) is 10.4. The molecule has 162 valence electrons. The van der Waals surface area contributed by atoms with Crippen LogP contribution in [0, 0.1) is 11.3 Å². The van der Waals surface area contributed by atoms with Gasteiger partial charge in [0.25, 0.3) is 0 Å². The first-order chi connectivity index (χ1) is 13.5. The van der Waals surface area contributed by atoms with Crippen LogP contribution < -0.4 is 0 Å². The lowest BCUT2D eigenvalue weighted by Gasteiger charge is -2.33. The second-order valence-electron chi connectivity index (χ2n) is 9.72. The van der Waals surface area contributed by atoms with E-state index in [2.05, 4.69) is 0 Å². The molecule has 0 saturated heterocycles. The molecule has 6 nitrogen and oxygen atoms in total. The van der Waals surface area contributed by atoms with Gasteiger partial charge in [-0.3, -0.25) is 9.28 Å². The van der Waals surface area contributed by atoms with E-state index in [1.54, 1.807) is 12.1 Å². The second kappa shape index (κ2) is 9.26. The predicted octanol–water partition coefficient (Wildman–Crippen LogP) is 3.23. The molecule has 1 saturated carbocycles. The molecule has 0 bridgehead atoms. The number of ether oxygens (including phenoxy) is 2. The Morgan fingerprint density at radius 3 is 2.17 bits per heavy atom. The highest BCUT2D eigenvalue weighted by Crippen LogP contribution is 2.41. The normalized spacial score (nSPS) is 17.6. The van der Waals surface area contributed by atoms with E-state index in [0.29, 0.717) is 16.6 Å².